The van der Waals surface area contributed by atoms with E-state index in [1.165, 1.54) is 35.5 Å². The third-order valence-corrected chi connectivity index (χ3v) is 7.03. The van der Waals surface area contributed by atoms with Crippen molar-refractivity contribution in [2.24, 2.45) is 0 Å². The Labute approximate surface area is 180 Å². The van der Waals surface area contributed by atoms with Crippen LogP contribution in [0.2, 0.25) is 0 Å². The van der Waals surface area contributed by atoms with Crippen molar-refractivity contribution in [2.75, 3.05) is 18.6 Å². The number of anilines is 1. The Hall–Kier alpha value is -2.75. The van der Waals surface area contributed by atoms with Crippen LogP contribution in [0.5, 0.6) is 0 Å². The normalized spacial score (nSPS) is 11.5. The number of amides is 1. The lowest BCUT2D eigenvalue weighted by Crippen LogP contribution is -2.27. The molecule has 3 rings (SSSR count). The molecule has 1 aromatic heterocycles. The minimum atomic E-state index is -3.66. The second-order valence-corrected chi connectivity index (χ2v) is 9.51. The molecule has 0 radical (unpaired) electrons. The van der Waals surface area contributed by atoms with Crippen LogP contribution >= 0.6 is 11.8 Å². The largest absolute Gasteiger partial charge is 0.321 e. The van der Waals surface area contributed by atoms with Gasteiger partial charge in [-0.25, -0.2) is 18.4 Å². The Bertz CT molecular complexity index is 1130. The van der Waals surface area contributed by atoms with Crippen molar-refractivity contribution in [3.8, 4) is 0 Å². The number of thioether (sulfide) groups is 1. The number of hydrogen-bond donors (Lipinski definition) is 1. The molecule has 0 saturated carbocycles. The van der Waals surface area contributed by atoms with E-state index in [4.69, 9.17) is 0 Å². The average Bonchev–Trinajstić information content (AvgIpc) is 2.75. The highest BCUT2D eigenvalue weighted by Gasteiger charge is 2.21. The molecule has 1 N–H and O–H groups in total. The van der Waals surface area contributed by atoms with Crippen molar-refractivity contribution in [3.05, 3.63) is 77.9 Å². The summed E-state index contributed by atoms with van der Waals surface area (Å²) in [4.78, 5) is 22.0. The zero-order valence-corrected chi connectivity index (χ0v) is 18.5. The van der Waals surface area contributed by atoms with Crippen LogP contribution in [-0.4, -0.2) is 41.9 Å². The van der Waals surface area contributed by atoms with Crippen LogP contribution in [0.3, 0.4) is 0 Å². The topological polar surface area (TPSA) is 92.3 Å². The molecule has 2 aromatic carbocycles. The highest BCUT2D eigenvalue weighted by Crippen LogP contribution is 2.25. The monoisotopic (exact) mass is 442 g/mol. The first-order valence-electron chi connectivity index (χ1n) is 9.09. The third-order valence-electron chi connectivity index (χ3n) is 4.42. The lowest BCUT2D eigenvalue weighted by atomic mass is 10.2. The Kier molecular flexibility index (Phi) is 6.86. The van der Waals surface area contributed by atoms with E-state index >= 15 is 0 Å². The Morgan fingerprint density at radius 1 is 1.07 bits per heavy atom. The van der Waals surface area contributed by atoms with Crippen molar-refractivity contribution in [1.82, 2.24) is 14.3 Å². The highest BCUT2D eigenvalue weighted by molar-refractivity contribution is 7.98. The fourth-order valence-electron chi connectivity index (χ4n) is 2.67. The van der Waals surface area contributed by atoms with Crippen LogP contribution in [0.25, 0.3) is 0 Å². The molecule has 0 fully saturated rings. The molecule has 1 heterocycles. The summed E-state index contributed by atoms with van der Waals surface area (Å²) in [6, 6.07) is 14.1. The van der Waals surface area contributed by atoms with E-state index in [9.17, 15) is 13.2 Å². The molecule has 0 unspecified atom stereocenters. The molecular formula is C21H22N4O3S2. The number of nitrogens with one attached hydrogen (secondary N) is 1. The molecule has 156 valence electrons. The fourth-order valence-corrected chi connectivity index (χ4v) is 4.35. The van der Waals surface area contributed by atoms with Gasteiger partial charge in [-0.2, -0.15) is 4.31 Å². The first-order valence-corrected chi connectivity index (χ1v) is 11.8. The molecular weight excluding hydrogens is 420 g/mol. The van der Waals surface area contributed by atoms with Crippen LogP contribution in [0.15, 0.2) is 70.7 Å². The van der Waals surface area contributed by atoms with Gasteiger partial charge in [0.2, 0.25) is 10.0 Å². The number of hydrogen-bond acceptors (Lipinski definition) is 6. The highest BCUT2D eigenvalue weighted by atomic mass is 32.2. The van der Waals surface area contributed by atoms with Gasteiger partial charge in [0, 0.05) is 24.3 Å². The minimum absolute atomic E-state index is 0.00653. The summed E-state index contributed by atoms with van der Waals surface area (Å²) in [6.45, 7) is 1.89. The van der Waals surface area contributed by atoms with Gasteiger partial charge in [0.05, 0.1) is 22.7 Å². The molecule has 0 saturated heterocycles. The van der Waals surface area contributed by atoms with Gasteiger partial charge < -0.3 is 5.32 Å². The van der Waals surface area contributed by atoms with Crippen molar-refractivity contribution >= 4 is 33.4 Å². The predicted octanol–water partition coefficient (Wildman–Crippen LogP) is 3.58. The summed E-state index contributed by atoms with van der Waals surface area (Å²) in [5.41, 5.74) is 1.98. The van der Waals surface area contributed by atoms with Crippen molar-refractivity contribution < 1.29 is 13.2 Å². The minimum Gasteiger partial charge on any atom is -0.321 e. The van der Waals surface area contributed by atoms with E-state index in [1.807, 2.05) is 37.4 Å². The van der Waals surface area contributed by atoms with E-state index in [2.05, 4.69) is 15.3 Å². The van der Waals surface area contributed by atoms with Crippen LogP contribution in [0.1, 0.15) is 21.7 Å². The molecule has 0 aliphatic carbocycles. The SMILES string of the molecule is CSc1ccccc1NC(=O)c1cnc(CN(C)S(=O)(=O)c2ccc(C)cc2)nc1. The number of carbonyl (C=O) groups is 1. The van der Waals surface area contributed by atoms with E-state index in [1.54, 1.807) is 24.3 Å². The molecule has 7 nitrogen and oxygen atoms in total. The second-order valence-electron chi connectivity index (χ2n) is 6.62. The smallest absolute Gasteiger partial charge is 0.258 e. The maximum absolute atomic E-state index is 12.7. The maximum Gasteiger partial charge on any atom is 0.258 e. The molecule has 30 heavy (non-hydrogen) atoms. The van der Waals surface area contributed by atoms with Gasteiger partial charge in [-0.3, -0.25) is 4.79 Å². The molecule has 0 spiro atoms. The molecule has 1 amide bonds. The second kappa shape index (κ2) is 9.38. The number of carbonyl (C=O) groups excluding carboxylic acids is 1. The number of sulfonamides is 1. The van der Waals surface area contributed by atoms with Crippen LogP contribution in [0, 0.1) is 6.92 Å². The van der Waals surface area contributed by atoms with Crippen molar-refractivity contribution in [1.29, 1.82) is 0 Å². The quantitative estimate of drug-likeness (QED) is 0.562. The Morgan fingerprint density at radius 2 is 1.70 bits per heavy atom. The van der Waals surface area contributed by atoms with E-state index < -0.39 is 10.0 Å². The molecule has 0 bridgehead atoms. The summed E-state index contributed by atoms with van der Waals surface area (Å²) in [5, 5.41) is 2.84. The van der Waals surface area contributed by atoms with Crippen LogP contribution < -0.4 is 5.32 Å². The van der Waals surface area contributed by atoms with E-state index in [-0.39, 0.29) is 17.3 Å². The fraction of sp³-hybridized carbons (Fsp3) is 0.190. The average molecular weight is 443 g/mol. The number of benzene rings is 2. The van der Waals surface area contributed by atoms with Gasteiger partial charge >= 0.3 is 0 Å². The zero-order chi connectivity index (χ0) is 21.7. The number of rotatable bonds is 7. The summed E-state index contributed by atoms with van der Waals surface area (Å²) in [6.07, 6.45) is 4.72. The van der Waals surface area contributed by atoms with Gasteiger partial charge in [0.25, 0.3) is 5.91 Å². The Morgan fingerprint density at radius 3 is 2.33 bits per heavy atom. The lowest BCUT2D eigenvalue weighted by molar-refractivity contribution is 0.102. The Balaban J connectivity index is 1.69. The summed E-state index contributed by atoms with van der Waals surface area (Å²) >= 11 is 1.53. The van der Waals surface area contributed by atoms with E-state index in [0.29, 0.717) is 17.1 Å². The van der Waals surface area contributed by atoms with Gasteiger partial charge in [-0.1, -0.05) is 29.8 Å². The van der Waals surface area contributed by atoms with Gasteiger partial charge in [0.15, 0.2) is 0 Å². The summed E-state index contributed by atoms with van der Waals surface area (Å²) in [7, 11) is -2.19. The van der Waals surface area contributed by atoms with Crippen molar-refractivity contribution in [2.45, 2.75) is 23.3 Å². The van der Waals surface area contributed by atoms with E-state index in [0.717, 1.165) is 10.5 Å². The van der Waals surface area contributed by atoms with Gasteiger partial charge in [0.1, 0.15) is 5.82 Å². The van der Waals surface area contributed by atoms with Crippen molar-refractivity contribution in [3.63, 3.8) is 0 Å². The standard InChI is InChI=1S/C21H22N4O3S2/c1-15-8-10-17(11-9-15)30(27,28)25(2)14-20-22-12-16(13-23-20)21(26)24-18-6-4-5-7-19(18)29-3/h4-13H,14H2,1-3H3,(H,24,26). The number of para-hydroxylation sites is 1. The first kappa shape index (κ1) is 21.9. The summed E-state index contributed by atoms with van der Waals surface area (Å²) in [5.74, 6) is -0.0297. The lowest BCUT2D eigenvalue weighted by Gasteiger charge is -2.16. The number of aromatic nitrogens is 2. The van der Waals surface area contributed by atoms with Crippen LogP contribution in [0.4, 0.5) is 5.69 Å². The molecule has 9 heteroatoms. The third kappa shape index (κ3) is 5.05. The first-order chi connectivity index (χ1) is 14.3. The number of aryl methyl sites for hydroxylation is 1. The summed E-state index contributed by atoms with van der Waals surface area (Å²) < 4.78 is 26.6. The maximum atomic E-state index is 12.7. The molecule has 0 aliphatic heterocycles. The molecule has 0 atom stereocenters. The number of nitrogens with zero attached hydrogens (tertiary/aromatic N) is 3. The van der Waals surface area contributed by atoms with Crippen LogP contribution in [-0.2, 0) is 16.6 Å². The zero-order valence-electron chi connectivity index (χ0n) is 16.9. The molecule has 3 aromatic rings. The predicted molar refractivity (Wildman–Crippen MR) is 118 cm³/mol. The molecule has 0 aliphatic rings. The van der Waals surface area contributed by atoms with Gasteiger partial charge in [-0.05, 0) is 37.4 Å². The van der Waals surface area contributed by atoms with Gasteiger partial charge in [-0.15, -0.1) is 11.8 Å².